The van der Waals surface area contributed by atoms with Gasteiger partial charge in [0.1, 0.15) is 11.9 Å². The SMILES string of the molecule is Cc1cc(OC2CCOC3(CCCC3)C2)ccc1B(O)O. The molecular formula is C16H23BO4. The van der Waals surface area contributed by atoms with Crippen molar-refractivity contribution in [2.45, 2.75) is 57.2 Å². The van der Waals surface area contributed by atoms with Crippen molar-refractivity contribution < 1.29 is 19.5 Å². The minimum Gasteiger partial charge on any atom is -0.490 e. The highest BCUT2D eigenvalue weighted by Crippen LogP contribution is 2.40. The highest BCUT2D eigenvalue weighted by atomic mass is 16.5. The molecule has 1 atom stereocenters. The van der Waals surface area contributed by atoms with Crippen LogP contribution in [0.25, 0.3) is 0 Å². The van der Waals surface area contributed by atoms with Crippen molar-refractivity contribution in [3.05, 3.63) is 23.8 Å². The molecule has 21 heavy (non-hydrogen) atoms. The molecular weight excluding hydrogens is 267 g/mol. The first-order valence-electron chi connectivity index (χ1n) is 7.85. The van der Waals surface area contributed by atoms with Crippen LogP contribution in [0.5, 0.6) is 5.75 Å². The van der Waals surface area contributed by atoms with Gasteiger partial charge in [-0.3, -0.25) is 0 Å². The zero-order chi connectivity index (χ0) is 14.9. The molecule has 2 fully saturated rings. The maximum atomic E-state index is 9.25. The fourth-order valence-electron chi connectivity index (χ4n) is 3.65. The molecule has 1 aliphatic carbocycles. The van der Waals surface area contributed by atoms with Gasteiger partial charge in [-0.1, -0.05) is 18.9 Å². The van der Waals surface area contributed by atoms with Crippen LogP contribution in [0, 0.1) is 6.92 Å². The fourth-order valence-corrected chi connectivity index (χ4v) is 3.65. The Morgan fingerprint density at radius 1 is 1.29 bits per heavy atom. The number of hydrogen-bond donors (Lipinski definition) is 2. The van der Waals surface area contributed by atoms with Gasteiger partial charge >= 0.3 is 7.12 Å². The van der Waals surface area contributed by atoms with E-state index in [1.54, 1.807) is 6.07 Å². The molecule has 3 rings (SSSR count). The lowest BCUT2D eigenvalue weighted by molar-refractivity contribution is -0.108. The van der Waals surface area contributed by atoms with Gasteiger partial charge in [0.15, 0.2) is 0 Å². The molecule has 1 aromatic carbocycles. The summed E-state index contributed by atoms with van der Waals surface area (Å²) in [6.45, 7) is 2.64. The molecule has 0 amide bonds. The van der Waals surface area contributed by atoms with Gasteiger partial charge in [0.25, 0.3) is 0 Å². The van der Waals surface area contributed by atoms with Crippen LogP contribution in [-0.4, -0.2) is 35.5 Å². The summed E-state index contributed by atoms with van der Waals surface area (Å²) in [6, 6.07) is 5.42. The minimum absolute atomic E-state index is 0.0548. The minimum atomic E-state index is -1.43. The molecule has 0 bridgehead atoms. The molecule has 2 aliphatic rings. The van der Waals surface area contributed by atoms with Crippen LogP contribution in [0.15, 0.2) is 18.2 Å². The number of rotatable bonds is 3. The first kappa shape index (κ1) is 14.9. The molecule has 1 spiro atoms. The Kier molecular flexibility index (Phi) is 4.25. The molecule has 1 unspecified atom stereocenters. The van der Waals surface area contributed by atoms with Crippen LogP contribution in [0.4, 0.5) is 0 Å². The molecule has 1 saturated heterocycles. The molecule has 1 heterocycles. The van der Waals surface area contributed by atoms with E-state index in [9.17, 15) is 10.0 Å². The third kappa shape index (κ3) is 3.25. The van der Waals surface area contributed by atoms with Gasteiger partial charge in [0.05, 0.1) is 12.2 Å². The number of ether oxygens (including phenoxy) is 2. The number of hydrogen-bond acceptors (Lipinski definition) is 4. The van der Waals surface area contributed by atoms with Gasteiger partial charge in [-0.15, -0.1) is 0 Å². The first-order chi connectivity index (χ1) is 10.1. The summed E-state index contributed by atoms with van der Waals surface area (Å²) in [5.41, 5.74) is 1.42. The van der Waals surface area contributed by atoms with Crippen molar-refractivity contribution in [3.8, 4) is 5.75 Å². The predicted molar refractivity (Wildman–Crippen MR) is 81.8 cm³/mol. The zero-order valence-corrected chi connectivity index (χ0v) is 12.5. The second-order valence-electron chi connectivity index (χ2n) is 6.36. The molecule has 1 aromatic rings. The molecule has 114 valence electrons. The maximum absolute atomic E-state index is 9.25. The zero-order valence-electron chi connectivity index (χ0n) is 12.5. The Bertz CT molecular complexity index is 497. The maximum Gasteiger partial charge on any atom is 0.488 e. The quantitative estimate of drug-likeness (QED) is 0.829. The largest absolute Gasteiger partial charge is 0.490 e. The fraction of sp³-hybridized carbons (Fsp3) is 0.625. The van der Waals surface area contributed by atoms with Crippen molar-refractivity contribution >= 4 is 12.6 Å². The van der Waals surface area contributed by atoms with E-state index in [0.29, 0.717) is 5.46 Å². The van der Waals surface area contributed by atoms with E-state index in [1.807, 2.05) is 19.1 Å². The second kappa shape index (κ2) is 5.99. The monoisotopic (exact) mass is 290 g/mol. The van der Waals surface area contributed by atoms with E-state index in [-0.39, 0.29) is 11.7 Å². The molecule has 5 heteroatoms. The van der Waals surface area contributed by atoms with Crippen molar-refractivity contribution in [1.29, 1.82) is 0 Å². The van der Waals surface area contributed by atoms with Gasteiger partial charge in [-0.05, 0) is 42.9 Å². The first-order valence-corrected chi connectivity index (χ1v) is 7.85. The summed E-state index contributed by atoms with van der Waals surface area (Å²) >= 11 is 0. The van der Waals surface area contributed by atoms with Crippen molar-refractivity contribution in [3.63, 3.8) is 0 Å². The molecule has 1 saturated carbocycles. The van der Waals surface area contributed by atoms with Crippen molar-refractivity contribution in [1.82, 2.24) is 0 Å². The molecule has 1 aliphatic heterocycles. The third-order valence-corrected chi connectivity index (χ3v) is 4.78. The molecule has 0 radical (unpaired) electrons. The highest BCUT2D eigenvalue weighted by Gasteiger charge is 2.40. The lowest BCUT2D eigenvalue weighted by atomic mass is 9.77. The van der Waals surface area contributed by atoms with Crippen LogP contribution in [0.3, 0.4) is 0 Å². The Balaban J connectivity index is 1.67. The summed E-state index contributed by atoms with van der Waals surface area (Å²) in [6.07, 6.45) is 6.91. The van der Waals surface area contributed by atoms with Crippen molar-refractivity contribution in [2.24, 2.45) is 0 Å². The lowest BCUT2D eigenvalue weighted by Crippen LogP contribution is -2.41. The van der Waals surface area contributed by atoms with E-state index in [1.165, 1.54) is 12.8 Å². The Morgan fingerprint density at radius 3 is 2.71 bits per heavy atom. The van der Waals surface area contributed by atoms with Gasteiger partial charge in [-0.25, -0.2) is 0 Å². The normalized spacial score (nSPS) is 24.2. The second-order valence-corrected chi connectivity index (χ2v) is 6.36. The van der Waals surface area contributed by atoms with Gasteiger partial charge < -0.3 is 19.5 Å². The van der Waals surface area contributed by atoms with Crippen LogP contribution in [-0.2, 0) is 4.74 Å². The smallest absolute Gasteiger partial charge is 0.488 e. The Hall–Kier alpha value is -1.04. The van der Waals surface area contributed by atoms with Crippen LogP contribution >= 0.6 is 0 Å². The van der Waals surface area contributed by atoms with Crippen LogP contribution < -0.4 is 10.2 Å². The topological polar surface area (TPSA) is 58.9 Å². The standard InChI is InChI=1S/C16H23BO4/c1-12-10-13(4-5-15(12)17(18)19)21-14-6-9-20-16(11-14)7-2-3-8-16/h4-5,10,14,18-19H,2-3,6-9,11H2,1H3. The van der Waals surface area contributed by atoms with Gasteiger partial charge in [0, 0.05) is 12.8 Å². The van der Waals surface area contributed by atoms with E-state index in [4.69, 9.17) is 9.47 Å². The Morgan fingerprint density at radius 2 is 2.05 bits per heavy atom. The highest BCUT2D eigenvalue weighted by molar-refractivity contribution is 6.59. The summed E-state index contributed by atoms with van der Waals surface area (Å²) in [4.78, 5) is 0. The molecule has 4 nitrogen and oxygen atoms in total. The average molecular weight is 290 g/mol. The van der Waals surface area contributed by atoms with E-state index < -0.39 is 7.12 Å². The van der Waals surface area contributed by atoms with Crippen LogP contribution in [0.2, 0.25) is 0 Å². The summed E-state index contributed by atoms with van der Waals surface area (Å²) in [7, 11) is -1.43. The molecule has 2 N–H and O–H groups in total. The number of benzene rings is 1. The van der Waals surface area contributed by atoms with E-state index in [2.05, 4.69) is 0 Å². The van der Waals surface area contributed by atoms with Crippen LogP contribution in [0.1, 0.15) is 44.1 Å². The predicted octanol–water partition coefficient (Wildman–Crippen LogP) is 1.55. The van der Waals surface area contributed by atoms with E-state index in [0.717, 1.165) is 43.6 Å². The average Bonchev–Trinajstić information content (AvgIpc) is 2.86. The van der Waals surface area contributed by atoms with Gasteiger partial charge in [-0.2, -0.15) is 0 Å². The summed E-state index contributed by atoms with van der Waals surface area (Å²) < 4.78 is 12.1. The summed E-state index contributed by atoms with van der Waals surface area (Å²) in [5.74, 6) is 0.803. The van der Waals surface area contributed by atoms with Gasteiger partial charge in [0.2, 0.25) is 0 Å². The lowest BCUT2D eigenvalue weighted by Gasteiger charge is -2.38. The summed E-state index contributed by atoms with van der Waals surface area (Å²) in [5, 5.41) is 18.5. The van der Waals surface area contributed by atoms with Crippen molar-refractivity contribution in [2.75, 3.05) is 6.61 Å². The third-order valence-electron chi connectivity index (χ3n) is 4.78. The van der Waals surface area contributed by atoms with E-state index >= 15 is 0 Å². The Labute approximate surface area is 126 Å². The molecule has 0 aromatic heterocycles. The number of aryl methyl sites for hydroxylation is 1.